The fraction of sp³-hybridized carbons (Fsp3) is 0. The maximum atomic E-state index is 13.2. The van der Waals surface area contributed by atoms with Crippen molar-refractivity contribution in [2.45, 2.75) is 4.90 Å². The standard InChI is InChI=1S/C17H12F2N2O3S2/c18-14-8-7-13(10-15(14)19)26(23,24)21-12-5-3-11(4-6-12)20-17(22)16-2-1-9-25-16/h1-10,21H,(H,20,22). The van der Waals surface area contributed by atoms with Gasteiger partial charge in [0.25, 0.3) is 15.9 Å². The first kappa shape index (κ1) is 18.0. The van der Waals surface area contributed by atoms with Crippen LogP contribution in [0.1, 0.15) is 9.67 Å². The lowest BCUT2D eigenvalue weighted by Gasteiger charge is -2.09. The molecule has 2 N–H and O–H groups in total. The number of carbonyl (C=O) groups excluding carboxylic acids is 1. The molecule has 134 valence electrons. The molecule has 3 rings (SSSR count). The number of hydrogen-bond acceptors (Lipinski definition) is 4. The maximum absolute atomic E-state index is 13.2. The minimum atomic E-state index is -4.07. The second kappa shape index (κ2) is 7.22. The summed E-state index contributed by atoms with van der Waals surface area (Å²) in [5, 5.41) is 4.47. The minimum absolute atomic E-state index is 0.212. The summed E-state index contributed by atoms with van der Waals surface area (Å²) in [4.78, 5) is 12.1. The smallest absolute Gasteiger partial charge is 0.265 e. The normalized spacial score (nSPS) is 11.2. The number of anilines is 2. The first-order chi connectivity index (χ1) is 12.3. The summed E-state index contributed by atoms with van der Waals surface area (Å²) >= 11 is 1.30. The van der Waals surface area contributed by atoms with E-state index in [2.05, 4.69) is 10.0 Å². The van der Waals surface area contributed by atoms with Crippen LogP contribution in [0.2, 0.25) is 0 Å². The first-order valence-electron chi connectivity index (χ1n) is 7.28. The molecule has 0 bridgehead atoms. The van der Waals surface area contributed by atoms with E-state index in [0.717, 1.165) is 12.1 Å². The summed E-state index contributed by atoms with van der Waals surface area (Å²) in [6.07, 6.45) is 0. The molecule has 0 fully saturated rings. The number of sulfonamides is 1. The molecule has 0 aliphatic rings. The summed E-state index contributed by atoms with van der Waals surface area (Å²) < 4.78 is 52.9. The van der Waals surface area contributed by atoms with Crippen molar-refractivity contribution in [1.29, 1.82) is 0 Å². The minimum Gasteiger partial charge on any atom is -0.321 e. The number of amides is 1. The Balaban J connectivity index is 1.72. The predicted molar refractivity (Wildman–Crippen MR) is 95.9 cm³/mol. The number of benzene rings is 2. The highest BCUT2D eigenvalue weighted by Gasteiger charge is 2.16. The van der Waals surface area contributed by atoms with Crippen molar-refractivity contribution in [2.24, 2.45) is 0 Å². The molecule has 1 heterocycles. The molecular weight excluding hydrogens is 382 g/mol. The molecule has 1 aromatic heterocycles. The predicted octanol–water partition coefficient (Wildman–Crippen LogP) is 4.08. The van der Waals surface area contributed by atoms with E-state index >= 15 is 0 Å². The summed E-state index contributed by atoms with van der Waals surface area (Å²) in [5.74, 6) is -2.65. The van der Waals surface area contributed by atoms with E-state index < -0.39 is 26.6 Å². The number of hydrogen-bond donors (Lipinski definition) is 2. The zero-order chi connectivity index (χ0) is 18.7. The van der Waals surface area contributed by atoms with Crippen molar-refractivity contribution >= 4 is 38.6 Å². The molecular formula is C17H12F2N2O3S2. The van der Waals surface area contributed by atoms with Crippen LogP contribution in [-0.2, 0) is 10.0 Å². The fourth-order valence-electron chi connectivity index (χ4n) is 2.08. The Morgan fingerprint density at radius 1 is 0.923 bits per heavy atom. The lowest BCUT2D eigenvalue weighted by Crippen LogP contribution is -2.14. The summed E-state index contributed by atoms with van der Waals surface area (Å²) in [6.45, 7) is 0. The second-order valence-corrected chi connectivity index (χ2v) is 7.82. The van der Waals surface area contributed by atoms with Gasteiger partial charge >= 0.3 is 0 Å². The lowest BCUT2D eigenvalue weighted by atomic mass is 10.3. The molecule has 2 aromatic carbocycles. The van der Waals surface area contributed by atoms with E-state index in [0.29, 0.717) is 16.6 Å². The second-order valence-electron chi connectivity index (χ2n) is 5.19. The maximum Gasteiger partial charge on any atom is 0.265 e. The van der Waals surface area contributed by atoms with Gasteiger partial charge in [-0.15, -0.1) is 11.3 Å². The average molecular weight is 394 g/mol. The third-order valence-electron chi connectivity index (χ3n) is 3.34. The van der Waals surface area contributed by atoms with Gasteiger partial charge in [0.2, 0.25) is 0 Å². The van der Waals surface area contributed by atoms with Crippen molar-refractivity contribution in [2.75, 3.05) is 10.0 Å². The summed E-state index contributed by atoms with van der Waals surface area (Å²) in [7, 11) is -4.07. The Labute approximate surface area is 152 Å². The molecule has 0 aliphatic carbocycles. The summed E-state index contributed by atoms with van der Waals surface area (Å²) in [5.41, 5.74) is 0.697. The van der Waals surface area contributed by atoms with E-state index in [1.165, 1.54) is 35.6 Å². The Morgan fingerprint density at radius 2 is 1.62 bits per heavy atom. The highest BCUT2D eigenvalue weighted by molar-refractivity contribution is 7.92. The molecule has 0 saturated carbocycles. The molecule has 9 heteroatoms. The molecule has 0 unspecified atom stereocenters. The van der Waals surface area contributed by atoms with E-state index in [-0.39, 0.29) is 11.6 Å². The average Bonchev–Trinajstić information content (AvgIpc) is 3.13. The van der Waals surface area contributed by atoms with Crippen LogP contribution in [0.25, 0.3) is 0 Å². The van der Waals surface area contributed by atoms with Gasteiger partial charge in [-0.25, -0.2) is 17.2 Å². The van der Waals surface area contributed by atoms with Crippen molar-refractivity contribution in [3.63, 3.8) is 0 Å². The highest BCUT2D eigenvalue weighted by atomic mass is 32.2. The van der Waals surface area contributed by atoms with Crippen molar-refractivity contribution in [3.05, 3.63) is 76.5 Å². The van der Waals surface area contributed by atoms with Crippen LogP contribution in [-0.4, -0.2) is 14.3 Å². The van der Waals surface area contributed by atoms with Gasteiger partial charge in [-0.3, -0.25) is 9.52 Å². The topological polar surface area (TPSA) is 75.3 Å². The molecule has 0 saturated heterocycles. The number of nitrogens with one attached hydrogen (secondary N) is 2. The van der Waals surface area contributed by atoms with Crippen LogP contribution in [0.5, 0.6) is 0 Å². The Hall–Kier alpha value is -2.78. The Morgan fingerprint density at radius 3 is 2.23 bits per heavy atom. The summed E-state index contributed by atoms with van der Waals surface area (Å²) in [6, 6.07) is 11.7. The van der Waals surface area contributed by atoms with Gasteiger partial charge in [-0.1, -0.05) is 6.07 Å². The van der Waals surface area contributed by atoms with Crippen LogP contribution >= 0.6 is 11.3 Å². The van der Waals surface area contributed by atoms with Gasteiger partial charge < -0.3 is 5.32 Å². The Kier molecular flexibility index (Phi) is 5.01. The number of carbonyl (C=O) groups is 1. The quantitative estimate of drug-likeness (QED) is 0.685. The number of halogens is 2. The number of rotatable bonds is 5. The van der Waals surface area contributed by atoms with Crippen LogP contribution in [0.15, 0.2) is 64.9 Å². The highest BCUT2D eigenvalue weighted by Crippen LogP contribution is 2.20. The third kappa shape index (κ3) is 4.06. The van der Waals surface area contributed by atoms with Crippen molar-refractivity contribution < 1.29 is 22.0 Å². The molecule has 0 radical (unpaired) electrons. The lowest BCUT2D eigenvalue weighted by molar-refractivity contribution is 0.103. The molecule has 0 aliphatic heterocycles. The zero-order valence-corrected chi connectivity index (χ0v) is 14.7. The van der Waals surface area contributed by atoms with Crippen molar-refractivity contribution in [1.82, 2.24) is 0 Å². The molecule has 5 nitrogen and oxygen atoms in total. The van der Waals surface area contributed by atoms with Crippen molar-refractivity contribution in [3.8, 4) is 0 Å². The fourth-order valence-corrected chi connectivity index (χ4v) is 3.77. The number of thiophene rings is 1. The van der Waals surface area contributed by atoms with Gasteiger partial charge in [0.15, 0.2) is 11.6 Å². The molecule has 0 spiro atoms. The van der Waals surface area contributed by atoms with Gasteiger partial charge in [0, 0.05) is 11.4 Å². The van der Waals surface area contributed by atoms with E-state index in [1.54, 1.807) is 17.5 Å². The zero-order valence-electron chi connectivity index (χ0n) is 13.1. The van der Waals surface area contributed by atoms with Crippen LogP contribution in [0.4, 0.5) is 20.2 Å². The first-order valence-corrected chi connectivity index (χ1v) is 9.64. The van der Waals surface area contributed by atoms with Crippen LogP contribution in [0.3, 0.4) is 0 Å². The Bertz CT molecular complexity index is 1030. The third-order valence-corrected chi connectivity index (χ3v) is 5.59. The van der Waals surface area contributed by atoms with E-state index in [1.807, 2.05) is 0 Å². The molecule has 0 atom stereocenters. The molecule has 26 heavy (non-hydrogen) atoms. The van der Waals surface area contributed by atoms with Crippen LogP contribution in [0, 0.1) is 11.6 Å². The van der Waals surface area contributed by atoms with E-state index in [9.17, 15) is 22.0 Å². The van der Waals surface area contributed by atoms with E-state index in [4.69, 9.17) is 0 Å². The SMILES string of the molecule is O=C(Nc1ccc(NS(=O)(=O)c2ccc(F)c(F)c2)cc1)c1cccs1. The molecule has 3 aromatic rings. The van der Waals surface area contributed by atoms with Crippen LogP contribution < -0.4 is 10.0 Å². The van der Waals surface area contributed by atoms with Gasteiger partial charge in [0.05, 0.1) is 9.77 Å². The van der Waals surface area contributed by atoms with Gasteiger partial charge in [0.1, 0.15) is 0 Å². The molecule has 1 amide bonds. The van der Waals surface area contributed by atoms with Gasteiger partial charge in [-0.2, -0.15) is 0 Å². The largest absolute Gasteiger partial charge is 0.321 e. The monoisotopic (exact) mass is 394 g/mol. The van der Waals surface area contributed by atoms with Gasteiger partial charge in [-0.05, 0) is 53.9 Å².